The lowest BCUT2D eigenvalue weighted by Crippen LogP contribution is -2.56. The summed E-state index contributed by atoms with van der Waals surface area (Å²) in [4.78, 5) is 51.6. The fraction of sp³-hybridized carbons (Fsp3) is 0.700. The summed E-state index contributed by atoms with van der Waals surface area (Å²) in [6, 6.07) is -1.65. The molecule has 0 spiro atoms. The second kappa shape index (κ2) is 9.20. The van der Waals surface area contributed by atoms with E-state index in [4.69, 9.17) is 4.74 Å². The number of aliphatic hydroxyl groups excluding tert-OH is 1. The average Bonchev–Trinajstić information content (AvgIpc) is 3.24. The molecule has 2 heterocycles. The number of fused-ring (bicyclic) bond motifs is 2. The van der Waals surface area contributed by atoms with Crippen molar-refractivity contribution in [2.75, 3.05) is 13.7 Å². The Hall–Kier alpha value is -2.36. The Morgan fingerprint density at radius 1 is 1.33 bits per heavy atom. The largest absolute Gasteiger partial charge is 0.467 e. The molecule has 0 aromatic carbocycles. The Labute approximate surface area is 177 Å². The first kappa shape index (κ1) is 22.3. The van der Waals surface area contributed by atoms with E-state index in [9.17, 15) is 24.3 Å². The molecular weight excluding hydrogens is 389 g/mol. The SMILES string of the molecule is BC(=O)N[C@H]1CCCCC/C=C\[C@@H]2C[C@@]2(C(=O)OC)NC(=O)[C@@H]2C[C@H](O)CN2C1=O. The van der Waals surface area contributed by atoms with Gasteiger partial charge in [-0.05, 0) is 25.7 Å². The minimum Gasteiger partial charge on any atom is -0.467 e. The van der Waals surface area contributed by atoms with E-state index in [0.29, 0.717) is 12.8 Å². The number of rotatable bonds is 2. The zero-order valence-corrected chi connectivity index (χ0v) is 17.6. The van der Waals surface area contributed by atoms with Crippen LogP contribution in [-0.2, 0) is 19.1 Å². The van der Waals surface area contributed by atoms with Crippen LogP contribution in [0.1, 0.15) is 44.9 Å². The van der Waals surface area contributed by atoms with Crippen molar-refractivity contribution >= 4 is 31.4 Å². The molecule has 10 heteroatoms. The number of carbonyl (C=O) groups excluding carboxylic acids is 4. The summed E-state index contributed by atoms with van der Waals surface area (Å²) in [7, 11) is 2.63. The molecule has 3 rings (SSSR count). The minimum atomic E-state index is -1.12. The van der Waals surface area contributed by atoms with Crippen LogP contribution < -0.4 is 10.6 Å². The first-order valence-corrected chi connectivity index (χ1v) is 10.6. The van der Waals surface area contributed by atoms with Crippen LogP contribution in [0.2, 0.25) is 0 Å². The number of nitrogens with one attached hydrogen (secondary N) is 2. The quantitative estimate of drug-likeness (QED) is 0.307. The first-order chi connectivity index (χ1) is 14.3. The number of hydrogen-bond acceptors (Lipinski definition) is 6. The van der Waals surface area contributed by atoms with Crippen LogP contribution >= 0.6 is 0 Å². The van der Waals surface area contributed by atoms with Gasteiger partial charge >= 0.3 is 5.97 Å². The van der Waals surface area contributed by atoms with Crippen molar-refractivity contribution in [2.24, 2.45) is 5.92 Å². The minimum absolute atomic E-state index is 0.0154. The fourth-order valence-electron chi connectivity index (χ4n) is 4.49. The summed E-state index contributed by atoms with van der Waals surface area (Å²) < 4.78 is 4.92. The highest BCUT2D eigenvalue weighted by molar-refractivity contribution is 6.57. The lowest BCUT2D eigenvalue weighted by Gasteiger charge is -2.29. The maximum absolute atomic E-state index is 13.2. The van der Waals surface area contributed by atoms with E-state index >= 15 is 0 Å². The smallest absolute Gasteiger partial charge is 0.332 e. The summed E-state index contributed by atoms with van der Waals surface area (Å²) >= 11 is 0. The fourth-order valence-corrected chi connectivity index (χ4v) is 4.49. The maximum Gasteiger partial charge on any atom is 0.332 e. The van der Waals surface area contributed by atoms with Crippen LogP contribution in [-0.4, -0.2) is 78.8 Å². The van der Waals surface area contributed by atoms with E-state index in [1.54, 1.807) is 0 Å². The zero-order valence-electron chi connectivity index (χ0n) is 17.6. The highest BCUT2D eigenvalue weighted by Crippen LogP contribution is 2.46. The molecule has 9 nitrogen and oxygen atoms in total. The van der Waals surface area contributed by atoms with Crippen LogP contribution in [0.15, 0.2) is 12.2 Å². The van der Waals surface area contributed by atoms with Crippen LogP contribution in [0.5, 0.6) is 0 Å². The molecule has 2 aliphatic heterocycles. The predicted molar refractivity (Wildman–Crippen MR) is 110 cm³/mol. The molecule has 0 bridgehead atoms. The molecular formula is C20H30BN3O6. The molecule has 30 heavy (non-hydrogen) atoms. The van der Waals surface area contributed by atoms with Crippen LogP contribution in [0, 0.1) is 5.92 Å². The molecule has 164 valence electrons. The molecule has 0 aromatic rings. The molecule has 1 saturated carbocycles. The van der Waals surface area contributed by atoms with Gasteiger partial charge in [0.1, 0.15) is 17.6 Å². The predicted octanol–water partition coefficient (Wildman–Crippen LogP) is -0.772. The van der Waals surface area contributed by atoms with Crippen LogP contribution in [0.3, 0.4) is 0 Å². The van der Waals surface area contributed by atoms with E-state index in [1.807, 2.05) is 12.2 Å². The summed E-state index contributed by atoms with van der Waals surface area (Å²) in [6.07, 6.45) is 7.53. The number of methoxy groups -OCH3 is 1. The molecule has 2 fully saturated rings. The highest BCUT2D eigenvalue weighted by atomic mass is 16.5. The van der Waals surface area contributed by atoms with Crippen LogP contribution in [0.4, 0.5) is 4.79 Å². The third-order valence-electron chi connectivity index (χ3n) is 6.18. The van der Waals surface area contributed by atoms with E-state index in [1.165, 1.54) is 19.9 Å². The van der Waals surface area contributed by atoms with Crippen molar-refractivity contribution in [2.45, 2.75) is 68.7 Å². The number of nitrogens with zero attached hydrogens (tertiary/aromatic N) is 1. The van der Waals surface area contributed by atoms with Gasteiger partial charge in [0.25, 0.3) is 0 Å². The van der Waals surface area contributed by atoms with E-state index < -0.39 is 35.6 Å². The van der Waals surface area contributed by atoms with Crippen LogP contribution in [0.25, 0.3) is 0 Å². The van der Waals surface area contributed by atoms with Gasteiger partial charge in [0.2, 0.25) is 19.7 Å². The number of hydrogen-bond donors (Lipinski definition) is 3. The van der Waals surface area contributed by atoms with Crippen molar-refractivity contribution in [3.05, 3.63) is 12.2 Å². The first-order valence-electron chi connectivity index (χ1n) is 10.6. The highest BCUT2D eigenvalue weighted by Gasteiger charge is 2.62. The van der Waals surface area contributed by atoms with Crippen molar-refractivity contribution in [1.29, 1.82) is 0 Å². The topological polar surface area (TPSA) is 125 Å². The Morgan fingerprint density at radius 2 is 2.10 bits per heavy atom. The second-order valence-electron chi connectivity index (χ2n) is 8.48. The lowest BCUT2D eigenvalue weighted by atomic mass is 10.0. The molecule has 3 aliphatic rings. The van der Waals surface area contributed by atoms with Crippen molar-refractivity contribution in [3.8, 4) is 0 Å². The van der Waals surface area contributed by atoms with Gasteiger partial charge in [-0.2, -0.15) is 0 Å². The standard InChI is InChI=1S/C20H30BN3O6/c1-30-18(28)20-10-12(20)7-5-3-2-4-6-8-14(22-19(21)29)17(27)24-11-13(25)9-15(24)16(26)23-20/h5,7,12-15,25H,2-4,6,8-11,21H2,1H3,(H,22,29)(H,23,26)/b7-5-/t12-,13+,14+,15+,20-/m1/s1. The summed E-state index contributed by atoms with van der Waals surface area (Å²) in [6.45, 7) is 0.0154. The van der Waals surface area contributed by atoms with Gasteiger partial charge in [0, 0.05) is 18.9 Å². The maximum atomic E-state index is 13.2. The molecule has 0 unspecified atom stereocenters. The van der Waals surface area contributed by atoms with Crippen molar-refractivity contribution in [3.63, 3.8) is 0 Å². The Morgan fingerprint density at radius 3 is 2.80 bits per heavy atom. The third-order valence-corrected chi connectivity index (χ3v) is 6.18. The van der Waals surface area contributed by atoms with Gasteiger partial charge in [0.05, 0.1) is 13.2 Å². The van der Waals surface area contributed by atoms with Gasteiger partial charge < -0.3 is 25.4 Å². The van der Waals surface area contributed by atoms with E-state index in [-0.39, 0.29) is 30.6 Å². The Balaban J connectivity index is 1.87. The number of carbonyl (C=O) groups is 4. The van der Waals surface area contributed by atoms with E-state index in [2.05, 4.69) is 10.6 Å². The van der Waals surface area contributed by atoms with Crippen molar-refractivity contribution in [1.82, 2.24) is 15.5 Å². The van der Waals surface area contributed by atoms with Gasteiger partial charge in [-0.1, -0.05) is 25.0 Å². The number of aliphatic hydroxyl groups is 1. The molecule has 5 atom stereocenters. The summed E-state index contributed by atoms with van der Waals surface area (Å²) in [5.74, 6) is -1.85. The number of ether oxygens (including phenoxy) is 1. The van der Waals surface area contributed by atoms with Gasteiger partial charge in [-0.15, -0.1) is 0 Å². The van der Waals surface area contributed by atoms with Crippen molar-refractivity contribution < 1.29 is 29.0 Å². The molecule has 0 aromatic heterocycles. The summed E-state index contributed by atoms with van der Waals surface area (Å²) in [5.41, 5.74) is -1.12. The van der Waals surface area contributed by atoms with Gasteiger partial charge in [0.15, 0.2) is 5.81 Å². The normalized spacial score (nSPS) is 35.7. The number of allylic oxidation sites excluding steroid dienone is 1. The zero-order chi connectivity index (χ0) is 21.9. The summed E-state index contributed by atoms with van der Waals surface area (Å²) in [5, 5.41) is 15.6. The molecule has 3 N–H and O–H groups in total. The molecule has 1 saturated heterocycles. The monoisotopic (exact) mass is 419 g/mol. The lowest BCUT2D eigenvalue weighted by molar-refractivity contribution is -0.148. The average molecular weight is 419 g/mol. The molecule has 0 radical (unpaired) electrons. The number of esters is 1. The van der Waals surface area contributed by atoms with Gasteiger partial charge in [-0.3, -0.25) is 14.4 Å². The van der Waals surface area contributed by atoms with Gasteiger partial charge in [-0.25, -0.2) is 4.79 Å². The third kappa shape index (κ3) is 4.69. The Bertz CT molecular complexity index is 744. The van der Waals surface area contributed by atoms with E-state index in [0.717, 1.165) is 25.7 Å². The molecule has 3 amide bonds. The molecule has 1 aliphatic carbocycles. The second-order valence-corrected chi connectivity index (χ2v) is 8.48. The Kier molecular flexibility index (Phi) is 6.85. The number of amides is 3.